The van der Waals surface area contributed by atoms with Crippen LogP contribution in [-0.2, 0) is 19.5 Å². The van der Waals surface area contributed by atoms with E-state index in [2.05, 4.69) is 83.0 Å². The molecule has 3 aromatic rings. The third-order valence-corrected chi connectivity index (χ3v) is 8.22. The lowest BCUT2D eigenvalue weighted by Gasteiger charge is -2.32. The third kappa shape index (κ3) is 4.22. The van der Waals surface area contributed by atoms with Crippen LogP contribution in [0.2, 0.25) is 0 Å². The number of urea groups is 1. The smallest absolute Gasteiger partial charge is 0.318 e. The molecule has 5 rings (SSSR count). The molecule has 1 atom stereocenters. The fraction of sp³-hybridized carbons (Fsp3) is 0.444. The summed E-state index contributed by atoms with van der Waals surface area (Å²) in [6.45, 7) is 11.2. The minimum Gasteiger partial charge on any atom is -0.338 e. The number of hydrogen-bond donors (Lipinski definition) is 1. The average molecular weight is 463 g/mol. The van der Waals surface area contributed by atoms with Crippen molar-refractivity contribution in [2.75, 3.05) is 19.6 Å². The maximum absolute atomic E-state index is 13.6. The van der Waals surface area contributed by atoms with Crippen molar-refractivity contribution >= 4 is 17.4 Å². The molecule has 0 radical (unpaired) electrons. The van der Waals surface area contributed by atoms with Crippen LogP contribution in [0.3, 0.4) is 0 Å². The van der Waals surface area contributed by atoms with E-state index in [1.165, 1.54) is 21.0 Å². The number of likely N-dealkylation sites (N-methyl/N-ethyl adjacent to an activating group) is 1. The molecule has 2 amide bonds. The molecule has 0 aliphatic carbocycles. The highest BCUT2D eigenvalue weighted by Crippen LogP contribution is 2.43. The number of thiophene rings is 1. The third-order valence-electron chi connectivity index (χ3n) is 6.96. The van der Waals surface area contributed by atoms with Crippen molar-refractivity contribution in [3.8, 4) is 5.00 Å². The molecular weight excluding hydrogens is 428 g/mol. The van der Waals surface area contributed by atoms with Crippen molar-refractivity contribution in [1.29, 1.82) is 0 Å². The van der Waals surface area contributed by atoms with Crippen molar-refractivity contribution in [3.05, 3.63) is 75.9 Å². The summed E-state index contributed by atoms with van der Waals surface area (Å²) in [6, 6.07) is 14.7. The summed E-state index contributed by atoms with van der Waals surface area (Å²) in [5, 5.41) is 4.51. The Kier molecular flexibility index (Phi) is 6.30. The lowest BCUT2D eigenvalue weighted by atomic mass is 10.00. The summed E-state index contributed by atoms with van der Waals surface area (Å²) in [4.78, 5) is 19.7. The second-order valence-corrected chi connectivity index (χ2v) is 10.6. The van der Waals surface area contributed by atoms with E-state index in [0.29, 0.717) is 19.0 Å². The number of carbonyl (C=O) groups is 1. The predicted octanol–water partition coefficient (Wildman–Crippen LogP) is 5.58. The molecule has 0 unspecified atom stereocenters. The zero-order chi connectivity index (χ0) is 22.9. The molecule has 0 saturated carbocycles. The number of carbonyl (C=O) groups excluding carboxylic acids is 1. The van der Waals surface area contributed by atoms with E-state index in [4.69, 9.17) is 0 Å². The first-order valence-corrected chi connectivity index (χ1v) is 13.0. The Bertz CT molecular complexity index is 1120. The molecule has 1 aromatic carbocycles. The molecule has 2 aliphatic rings. The molecule has 5 nitrogen and oxygen atoms in total. The second kappa shape index (κ2) is 9.35. The highest BCUT2D eigenvalue weighted by Gasteiger charge is 2.36. The van der Waals surface area contributed by atoms with Crippen LogP contribution in [0.1, 0.15) is 60.5 Å². The normalized spacial score (nSPS) is 17.9. The maximum atomic E-state index is 13.6. The Hall–Kier alpha value is -2.57. The maximum Gasteiger partial charge on any atom is 0.318 e. The standard InChI is InChI=1S/C27H34N4OS/c1-4-29-16-13-21-22-17-31(27(32)28-14-12-19(2)3)25(20-9-6-5-7-10-20)23-11-8-15-30(23)26(22)33-24(21)18-29/h5-11,15,19,25H,4,12-14,16-18H2,1-3H3,(H,28,32)/t25-/m1/s1. The Morgan fingerprint density at radius 1 is 1.12 bits per heavy atom. The van der Waals surface area contributed by atoms with Crippen molar-refractivity contribution < 1.29 is 4.79 Å². The number of nitrogens with zero attached hydrogens (tertiary/aromatic N) is 3. The number of fused-ring (bicyclic) bond motifs is 5. The van der Waals surface area contributed by atoms with Gasteiger partial charge in [0.1, 0.15) is 5.00 Å². The van der Waals surface area contributed by atoms with Gasteiger partial charge in [-0.3, -0.25) is 4.90 Å². The van der Waals surface area contributed by atoms with E-state index in [0.717, 1.165) is 43.7 Å². The minimum absolute atomic E-state index is 0.0241. The number of nitrogens with one attached hydrogen (secondary N) is 1. The molecule has 0 fully saturated rings. The van der Waals surface area contributed by atoms with E-state index in [1.807, 2.05) is 17.4 Å². The summed E-state index contributed by atoms with van der Waals surface area (Å²) in [5.74, 6) is 0.564. The van der Waals surface area contributed by atoms with Crippen LogP contribution in [-0.4, -0.2) is 40.0 Å². The number of hydrogen-bond acceptors (Lipinski definition) is 3. The summed E-state index contributed by atoms with van der Waals surface area (Å²) in [5.41, 5.74) is 5.11. The van der Waals surface area contributed by atoms with Gasteiger partial charge in [0.2, 0.25) is 0 Å². The van der Waals surface area contributed by atoms with Gasteiger partial charge in [0.15, 0.2) is 0 Å². The van der Waals surface area contributed by atoms with E-state index in [1.54, 1.807) is 0 Å². The van der Waals surface area contributed by atoms with Gasteiger partial charge in [-0.15, -0.1) is 11.3 Å². The fourth-order valence-electron chi connectivity index (χ4n) is 5.10. The first kappa shape index (κ1) is 22.2. The number of rotatable bonds is 5. The fourth-order valence-corrected chi connectivity index (χ4v) is 6.51. The average Bonchev–Trinajstić information content (AvgIpc) is 3.40. The Morgan fingerprint density at radius 2 is 1.94 bits per heavy atom. The lowest BCUT2D eigenvalue weighted by molar-refractivity contribution is 0.179. The lowest BCUT2D eigenvalue weighted by Crippen LogP contribution is -2.42. The van der Waals surface area contributed by atoms with Crippen molar-refractivity contribution in [2.24, 2.45) is 5.92 Å². The predicted molar refractivity (Wildman–Crippen MR) is 135 cm³/mol. The zero-order valence-electron chi connectivity index (χ0n) is 19.9. The van der Waals surface area contributed by atoms with Gasteiger partial charge < -0.3 is 14.8 Å². The quantitative estimate of drug-likeness (QED) is 0.538. The number of amides is 2. The number of benzene rings is 1. The Morgan fingerprint density at radius 3 is 2.70 bits per heavy atom. The highest BCUT2D eigenvalue weighted by atomic mass is 32.1. The SMILES string of the molecule is CCN1CCc2c(sc3c2CN(C(=O)NCCC(C)C)[C@H](c2ccccc2)c2cccn2-3)C1. The minimum atomic E-state index is -0.119. The summed E-state index contributed by atoms with van der Waals surface area (Å²) in [6.07, 6.45) is 4.21. The van der Waals surface area contributed by atoms with Crippen molar-refractivity contribution in [2.45, 2.75) is 52.7 Å². The molecule has 2 aliphatic heterocycles. The highest BCUT2D eigenvalue weighted by molar-refractivity contribution is 7.15. The van der Waals surface area contributed by atoms with E-state index in [-0.39, 0.29) is 12.1 Å². The van der Waals surface area contributed by atoms with Gasteiger partial charge in [0, 0.05) is 36.3 Å². The van der Waals surface area contributed by atoms with E-state index < -0.39 is 0 Å². The van der Waals surface area contributed by atoms with Crippen molar-refractivity contribution in [3.63, 3.8) is 0 Å². The van der Waals surface area contributed by atoms with Crippen LogP contribution in [0.25, 0.3) is 5.00 Å². The van der Waals surface area contributed by atoms with Crippen LogP contribution >= 0.6 is 11.3 Å². The van der Waals surface area contributed by atoms with Crippen LogP contribution < -0.4 is 5.32 Å². The van der Waals surface area contributed by atoms with Crippen LogP contribution in [0.4, 0.5) is 4.79 Å². The summed E-state index contributed by atoms with van der Waals surface area (Å²) >= 11 is 1.91. The topological polar surface area (TPSA) is 40.5 Å². The molecule has 2 aromatic heterocycles. The summed E-state index contributed by atoms with van der Waals surface area (Å²) < 4.78 is 2.34. The molecule has 0 saturated heterocycles. The summed E-state index contributed by atoms with van der Waals surface area (Å²) in [7, 11) is 0. The Balaban J connectivity index is 1.59. The van der Waals surface area contributed by atoms with Gasteiger partial charge in [-0.25, -0.2) is 4.79 Å². The van der Waals surface area contributed by atoms with Crippen molar-refractivity contribution in [1.82, 2.24) is 19.7 Å². The van der Waals surface area contributed by atoms with Gasteiger partial charge in [0.25, 0.3) is 0 Å². The van der Waals surface area contributed by atoms with Gasteiger partial charge in [-0.05, 0) is 48.6 Å². The molecule has 4 heterocycles. The first-order chi connectivity index (χ1) is 16.1. The Labute approximate surface area is 201 Å². The van der Waals surface area contributed by atoms with Gasteiger partial charge in [0.05, 0.1) is 18.3 Å². The van der Waals surface area contributed by atoms with Crippen LogP contribution in [0.5, 0.6) is 0 Å². The molecule has 0 bridgehead atoms. The molecule has 0 spiro atoms. The molecule has 6 heteroatoms. The molecule has 33 heavy (non-hydrogen) atoms. The molecular formula is C27H34N4OS. The van der Waals surface area contributed by atoms with Gasteiger partial charge >= 0.3 is 6.03 Å². The second-order valence-electron chi connectivity index (χ2n) is 9.56. The first-order valence-electron chi connectivity index (χ1n) is 12.2. The monoisotopic (exact) mass is 462 g/mol. The largest absolute Gasteiger partial charge is 0.338 e. The number of aromatic nitrogens is 1. The molecule has 174 valence electrons. The van der Waals surface area contributed by atoms with E-state index >= 15 is 0 Å². The van der Waals surface area contributed by atoms with Crippen LogP contribution in [0.15, 0.2) is 48.7 Å². The van der Waals surface area contributed by atoms with E-state index in [9.17, 15) is 4.79 Å². The van der Waals surface area contributed by atoms with Gasteiger partial charge in [-0.2, -0.15) is 0 Å². The molecule has 1 N–H and O–H groups in total. The zero-order valence-corrected chi connectivity index (χ0v) is 20.7. The van der Waals surface area contributed by atoms with Crippen LogP contribution in [0, 0.1) is 5.92 Å². The van der Waals surface area contributed by atoms with Gasteiger partial charge in [-0.1, -0.05) is 51.1 Å².